The Morgan fingerprint density at radius 2 is 1.90 bits per heavy atom. The van der Waals surface area contributed by atoms with Crippen molar-refractivity contribution in [1.29, 1.82) is 0 Å². The Balaban J connectivity index is 1.81. The summed E-state index contributed by atoms with van der Waals surface area (Å²) < 4.78 is 1.95. The van der Waals surface area contributed by atoms with Gasteiger partial charge in [-0.1, -0.05) is 30.7 Å². The molecule has 0 atom stereocenters. The number of aryl methyl sites for hydroxylation is 2. The van der Waals surface area contributed by atoms with E-state index in [1.807, 2.05) is 36.0 Å². The van der Waals surface area contributed by atoms with Crippen molar-refractivity contribution in [3.63, 3.8) is 0 Å². The van der Waals surface area contributed by atoms with E-state index in [9.17, 15) is 0 Å². The highest BCUT2D eigenvalue weighted by atomic mass is 35.5. The zero-order valence-corrected chi connectivity index (χ0v) is 13.0. The van der Waals surface area contributed by atoms with E-state index in [0.717, 1.165) is 34.9 Å². The molecular formula is C17H18ClN3. The first-order valence-corrected chi connectivity index (χ1v) is 7.49. The Bertz CT molecular complexity index is 760. The predicted octanol–water partition coefficient (Wildman–Crippen LogP) is 4.40. The molecule has 0 fully saturated rings. The zero-order chi connectivity index (χ0) is 14.8. The van der Waals surface area contributed by atoms with Gasteiger partial charge in [-0.3, -0.25) is 4.68 Å². The molecule has 0 unspecified atom stereocenters. The van der Waals surface area contributed by atoms with Crippen LogP contribution >= 0.6 is 11.6 Å². The molecule has 0 radical (unpaired) electrons. The van der Waals surface area contributed by atoms with Gasteiger partial charge in [0.1, 0.15) is 0 Å². The van der Waals surface area contributed by atoms with Gasteiger partial charge in [0.05, 0.1) is 11.2 Å². The van der Waals surface area contributed by atoms with Crippen LogP contribution in [0.25, 0.3) is 10.9 Å². The van der Waals surface area contributed by atoms with Gasteiger partial charge in [0.25, 0.3) is 0 Å². The second kappa shape index (κ2) is 5.78. The van der Waals surface area contributed by atoms with E-state index < -0.39 is 0 Å². The van der Waals surface area contributed by atoms with Crippen LogP contribution in [0.2, 0.25) is 5.02 Å². The maximum atomic E-state index is 5.90. The smallest absolute Gasteiger partial charge is 0.0702 e. The molecule has 0 aliphatic rings. The molecule has 0 aliphatic carbocycles. The van der Waals surface area contributed by atoms with Crippen molar-refractivity contribution in [2.75, 3.05) is 5.32 Å². The summed E-state index contributed by atoms with van der Waals surface area (Å²) in [5.74, 6) is 0. The van der Waals surface area contributed by atoms with E-state index in [1.54, 1.807) is 0 Å². The summed E-state index contributed by atoms with van der Waals surface area (Å²) in [6.07, 6.45) is 0.953. The Morgan fingerprint density at radius 3 is 2.62 bits per heavy atom. The van der Waals surface area contributed by atoms with Crippen LogP contribution in [0.3, 0.4) is 0 Å². The van der Waals surface area contributed by atoms with Crippen LogP contribution in [-0.4, -0.2) is 9.78 Å². The zero-order valence-electron chi connectivity index (χ0n) is 12.2. The van der Waals surface area contributed by atoms with Crippen molar-refractivity contribution in [2.24, 2.45) is 7.05 Å². The fourth-order valence-electron chi connectivity index (χ4n) is 2.51. The first kappa shape index (κ1) is 14.0. The molecule has 3 aromatic rings. The van der Waals surface area contributed by atoms with Crippen molar-refractivity contribution >= 4 is 28.2 Å². The SMILES string of the molecule is CCc1nn(C)c2cc(NCc3ccc(Cl)cc3)ccc12. The molecule has 0 amide bonds. The monoisotopic (exact) mass is 299 g/mol. The molecule has 0 saturated heterocycles. The maximum Gasteiger partial charge on any atom is 0.0702 e. The molecule has 0 spiro atoms. The lowest BCUT2D eigenvalue weighted by Gasteiger charge is -2.07. The van der Waals surface area contributed by atoms with E-state index in [1.165, 1.54) is 10.9 Å². The molecule has 108 valence electrons. The van der Waals surface area contributed by atoms with Gasteiger partial charge < -0.3 is 5.32 Å². The summed E-state index contributed by atoms with van der Waals surface area (Å²) in [6, 6.07) is 14.3. The van der Waals surface area contributed by atoms with Crippen LogP contribution in [-0.2, 0) is 20.0 Å². The van der Waals surface area contributed by atoms with Gasteiger partial charge in [0, 0.05) is 29.7 Å². The Kier molecular flexibility index (Phi) is 3.84. The molecule has 3 rings (SSSR count). The first-order valence-electron chi connectivity index (χ1n) is 7.11. The second-order valence-corrected chi connectivity index (χ2v) is 5.57. The number of nitrogens with one attached hydrogen (secondary N) is 1. The third-order valence-electron chi connectivity index (χ3n) is 3.67. The molecule has 3 nitrogen and oxygen atoms in total. The lowest BCUT2D eigenvalue weighted by atomic mass is 10.1. The number of hydrogen-bond donors (Lipinski definition) is 1. The van der Waals surface area contributed by atoms with Crippen molar-refractivity contribution in [3.8, 4) is 0 Å². The Labute approximate surface area is 129 Å². The minimum Gasteiger partial charge on any atom is -0.381 e. The number of nitrogens with zero attached hydrogens (tertiary/aromatic N) is 2. The number of anilines is 1. The van der Waals surface area contributed by atoms with Crippen LogP contribution in [0.15, 0.2) is 42.5 Å². The molecule has 21 heavy (non-hydrogen) atoms. The van der Waals surface area contributed by atoms with Gasteiger partial charge in [-0.2, -0.15) is 5.10 Å². The number of halogens is 1. The summed E-state index contributed by atoms with van der Waals surface area (Å²) in [4.78, 5) is 0. The highest BCUT2D eigenvalue weighted by Crippen LogP contribution is 2.23. The maximum absolute atomic E-state index is 5.90. The normalized spacial score (nSPS) is 11.0. The Morgan fingerprint density at radius 1 is 1.14 bits per heavy atom. The number of benzene rings is 2. The molecule has 2 aromatic carbocycles. The lowest BCUT2D eigenvalue weighted by molar-refractivity contribution is 0.770. The van der Waals surface area contributed by atoms with Crippen molar-refractivity contribution < 1.29 is 0 Å². The summed E-state index contributed by atoms with van der Waals surface area (Å²) in [5, 5.41) is 9.99. The second-order valence-electron chi connectivity index (χ2n) is 5.14. The average Bonchev–Trinajstić information content (AvgIpc) is 2.83. The highest BCUT2D eigenvalue weighted by molar-refractivity contribution is 6.30. The van der Waals surface area contributed by atoms with Gasteiger partial charge >= 0.3 is 0 Å². The molecule has 0 bridgehead atoms. The molecule has 1 aromatic heterocycles. The summed E-state index contributed by atoms with van der Waals surface area (Å²) in [7, 11) is 1.99. The van der Waals surface area contributed by atoms with Gasteiger partial charge in [0.2, 0.25) is 0 Å². The van der Waals surface area contributed by atoms with Crippen molar-refractivity contribution in [1.82, 2.24) is 9.78 Å². The van der Waals surface area contributed by atoms with E-state index >= 15 is 0 Å². The third kappa shape index (κ3) is 2.88. The molecule has 1 heterocycles. The molecule has 1 N–H and O–H groups in total. The van der Waals surface area contributed by atoms with Gasteiger partial charge in [-0.15, -0.1) is 0 Å². The summed E-state index contributed by atoms with van der Waals surface area (Å²) in [5.41, 5.74) is 4.62. The molecule has 0 saturated carbocycles. The fraction of sp³-hybridized carbons (Fsp3) is 0.235. The number of rotatable bonds is 4. The topological polar surface area (TPSA) is 29.9 Å². The molecule has 4 heteroatoms. The first-order chi connectivity index (χ1) is 10.2. The molecular weight excluding hydrogens is 282 g/mol. The largest absolute Gasteiger partial charge is 0.381 e. The number of hydrogen-bond acceptors (Lipinski definition) is 2. The standard InChI is InChI=1S/C17H18ClN3/c1-3-16-15-9-8-14(10-17(15)21(2)20-16)19-11-12-4-6-13(18)7-5-12/h4-10,19H,3,11H2,1-2H3. The number of aromatic nitrogens is 2. The van der Waals surface area contributed by atoms with E-state index in [2.05, 4.69) is 35.5 Å². The van der Waals surface area contributed by atoms with E-state index in [4.69, 9.17) is 11.6 Å². The van der Waals surface area contributed by atoms with Crippen LogP contribution in [0.4, 0.5) is 5.69 Å². The average molecular weight is 300 g/mol. The van der Waals surface area contributed by atoms with Crippen molar-refractivity contribution in [2.45, 2.75) is 19.9 Å². The van der Waals surface area contributed by atoms with Crippen LogP contribution in [0.1, 0.15) is 18.2 Å². The van der Waals surface area contributed by atoms with Crippen LogP contribution < -0.4 is 5.32 Å². The Hall–Kier alpha value is -2.00. The summed E-state index contributed by atoms with van der Waals surface area (Å²) >= 11 is 5.90. The van der Waals surface area contributed by atoms with Gasteiger partial charge in [-0.05, 0) is 42.3 Å². The third-order valence-corrected chi connectivity index (χ3v) is 3.92. The lowest BCUT2D eigenvalue weighted by Crippen LogP contribution is -1.99. The van der Waals surface area contributed by atoms with Crippen molar-refractivity contribution in [3.05, 3.63) is 58.7 Å². The van der Waals surface area contributed by atoms with Crippen LogP contribution in [0.5, 0.6) is 0 Å². The highest BCUT2D eigenvalue weighted by Gasteiger charge is 2.07. The van der Waals surface area contributed by atoms with Crippen LogP contribution in [0, 0.1) is 0 Å². The summed E-state index contributed by atoms with van der Waals surface area (Å²) in [6.45, 7) is 2.91. The quantitative estimate of drug-likeness (QED) is 0.774. The van der Waals surface area contributed by atoms with E-state index in [-0.39, 0.29) is 0 Å². The minimum absolute atomic E-state index is 0.766. The molecule has 0 aliphatic heterocycles. The predicted molar refractivity (Wildman–Crippen MR) is 88.9 cm³/mol. The minimum atomic E-state index is 0.766. The number of fused-ring (bicyclic) bond motifs is 1. The van der Waals surface area contributed by atoms with Gasteiger partial charge in [-0.25, -0.2) is 0 Å². The fourth-order valence-corrected chi connectivity index (χ4v) is 2.64. The van der Waals surface area contributed by atoms with E-state index in [0.29, 0.717) is 0 Å². The van der Waals surface area contributed by atoms with Gasteiger partial charge in [0.15, 0.2) is 0 Å².